The van der Waals surface area contributed by atoms with Gasteiger partial charge in [0.15, 0.2) is 0 Å². The molecule has 0 aliphatic carbocycles. The van der Waals surface area contributed by atoms with Gasteiger partial charge in [-0.3, -0.25) is 9.59 Å². The normalized spacial score (nSPS) is 13.2. The predicted octanol–water partition coefficient (Wildman–Crippen LogP) is 4.99. The third-order valence-corrected chi connectivity index (χ3v) is 4.82. The molecule has 0 amide bonds. The van der Waals surface area contributed by atoms with Gasteiger partial charge >= 0.3 is 5.97 Å². The van der Waals surface area contributed by atoms with Crippen LogP contribution >= 0.6 is 0 Å². The van der Waals surface area contributed by atoms with E-state index in [1.54, 1.807) is 0 Å². The SMILES string of the molecule is CCC(C)C(=O)CCC(Cc1ccccc1-c1ccccc1)C(=O)O. The molecule has 3 heteroatoms. The van der Waals surface area contributed by atoms with Crippen molar-refractivity contribution in [1.82, 2.24) is 0 Å². The molecule has 2 rings (SSSR count). The highest BCUT2D eigenvalue weighted by molar-refractivity contribution is 5.81. The molecule has 0 saturated heterocycles. The summed E-state index contributed by atoms with van der Waals surface area (Å²) in [4.78, 5) is 23.7. The zero-order valence-corrected chi connectivity index (χ0v) is 14.9. The van der Waals surface area contributed by atoms with Crippen molar-refractivity contribution < 1.29 is 14.7 Å². The summed E-state index contributed by atoms with van der Waals surface area (Å²) < 4.78 is 0. The van der Waals surface area contributed by atoms with Crippen LogP contribution in [0, 0.1) is 11.8 Å². The summed E-state index contributed by atoms with van der Waals surface area (Å²) in [6.45, 7) is 3.89. The van der Waals surface area contributed by atoms with Crippen LogP contribution in [0.5, 0.6) is 0 Å². The van der Waals surface area contributed by atoms with Crippen molar-refractivity contribution >= 4 is 11.8 Å². The van der Waals surface area contributed by atoms with E-state index in [0.29, 0.717) is 19.3 Å². The van der Waals surface area contributed by atoms with Crippen molar-refractivity contribution in [2.45, 2.75) is 39.5 Å². The van der Waals surface area contributed by atoms with E-state index in [4.69, 9.17) is 0 Å². The minimum absolute atomic E-state index is 0.00560. The van der Waals surface area contributed by atoms with Crippen LogP contribution in [-0.4, -0.2) is 16.9 Å². The average molecular weight is 338 g/mol. The van der Waals surface area contributed by atoms with Crippen LogP contribution in [0.2, 0.25) is 0 Å². The lowest BCUT2D eigenvalue weighted by Gasteiger charge is -2.16. The molecule has 2 atom stereocenters. The number of rotatable bonds is 9. The van der Waals surface area contributed by atoms with Crippen molar-refractivity contribution in [3.63, 3.8) is 0 Å². The quantitative estimate of drug-likeness (QED) is 0.700. The second kappa shape index (κ2) is 9.16. The molecular weight excluding hydrogens is 312 g/mol. The van der Waals surface area contributed by atoms with Gasteiger partial charge in [-0.15, -0.1) is 0 Å². The largest absolute Gasteiger partial charge is 0.481 e. The van der Waals surface area contributed by atoms with Gasteiger partial charge in [-0.25, -0.2) is 0 Å². The standard InChI is InChI=1S/C22H26O3/c1-3-16(2)21(23)14-13-19(22(24)25)15-18-11-7-8-12-20(18)17-9-5-4-6-10-17/h4-12,16,19H,3,13-15H2,1-2H3,(H,24,25). The third-order valence-electron chi connectivity index (χ3n) is 4.82. The minimum Gasteiger partial charge on any atom is -0.481 e. The topological polar surface area (TPSA) is 54.4 Å². The summed E-state index contributed by atoms with van der Waals surface area (Å²) in [6.07, 6.45) is 1.96. The molecule has 25 heavy (non-hydrogen) atoms. The fraction of sp³-hybridized carbons (Fsp3) is 0.364. The Labute approximate surface area is 149 Å². The lowest BCUT2D eigenvalue weighted by Crippen LogP contribution is -2.20. The van der Waals surface area contributed by atoms with Gasteiger partial charge < -0.3 is 5.11 Å². The van der Waals surface area contributed by atoms with Gasteiger partial charge in [-0.2, -0.15) is 0 Å². The number of carboxylic acid groups (broad SMARTS) is 1. The Hall–Kier alpha value is -2.42. The highest BCUT2D eigenvalue weighted by atomic mass is 16.4. The summed E-state index contributed by atoms with van der Waals surface area (Å²) >= 11 is 0. The Bertz CT molecular complexity index is 706. The second-order valence-corrected chi connectivity index (χ2v) is 6.58. The predicted molar refractivity (Wildman–Crippen MR) is 100 cm³/mol. The van der Waals surface area contributed by atoms with E-state index >= 15 is 0 Å². The smallest absolute Gasteiger partial charge is 0.306 e. The van der Waals surface area contributed by atoms with Crippen LogP contribution in [0.25, 0.3) is 11.1 Å². The summed E-state index contributed by atoms with van der Waals surface area (Å²) in [6, 6.07) is 17.9. The summed E-state index contributed by atoms with van der Waals surface area (Å²) in [5.74, 6) is -1.21. The Balaban J connectivity index is 2.15. The first-order valence-corrected chi connectivity index (χ1v) is 8.91. The molecule has 0 spiro atoms. The fourth-order valence-corrected chi connectivity index (χ4v) is 2.97. The van der Waals surface area contributed by atoms with Crippen LogP contribution in [0.4, 0.5) is 0 Å². The molecule has 0 heterocycles. The van der Waals surface area contributed by atoms with Gasteiger partial charge in [0.1, 0.15) is 5.78 Å². The Morgan fingerprint density at radius 2 is 1.64 bits per heavy atom. The first-order chi connectivity index (χ1) is 12.0. The maximum atomic E-state index is 12.0. The van der Waals surface area contributed by atoms with Gasteiger partial charge in [-0.05, 0) is 36.0 Å². The van der Waals surface area contributed by atoms with E-state index in [9.17, 15) is 14.7 Å². The van der Waals surface area contributed by atoms with Crippen molar-refractivity contribution in [1.29, 1.82) is 0 Å². The molecule has 0 aliphatic heterocycles. The summed E-state index contributed by atoms with van der Waals surface area (Å²) in [7, 11) is 0. The maximum absolute atomic E-state index is 12.0. The maximum Gasteiger partial charge on any atom is 0.306 e. The molecule has 2 aromatic rings. The molecule has 1 N–H and O–H groups in total. The molecule has 0 aromatic heterocycles. The molecule has 0 fully saturated rings. The van der Waals surface area contributed by atoms with Crippen molar-refractivity contribution in [2.75, 3.05) is 0 Å². The number of Topliss-reactive ketones (excluding diaryl/α,β-unsaturated/α-hetero) is 1. The van der Waals surface area contributed by atoms with Gasteiger partial charge in [0.05, 0.1) is 5.92 Å². The molecule has 0 bridgehead atoms. The van der Waals surface area contributed by atoms with Gasteiger partial charge in [-0.1, -0.05) is 68.4 Å². The van der Waals surface area contributed by atoms with E-state index in [1.165, 1.54) is 0 Å². The average Bonchev–Trinajstić information content (AvgIpc) is 2.64. The van der Waals surface area contributed by atoms with E-state index in [-0.39, 0.29) is 11.7 Å². The molecule has 0 radical (unpaired) electrons. The molecule has 3 nitrogen and oxygen atoms in total. The lowest BCUT2D eigenvalue weighted by atomic mass is 9.88. The van der Waals surface area contributed by atoms with Crippen LogP contribution in [0.3, 0.4) is 0 Å². The molecule has 0 aliphatic rings. The monoisotopic (exact) mass is 338 g/mol. The first kappa shape index (κ1) is 18.9. The Morgan fingerprint density at radius 3 is 2.28 bits per heavy atom. The van der Waals surface area contributed by atoms with Crippen LogP contribution in [-0.2, 0) is 16.0 Å². The zero-order valence-electron chi connectivity index (χ0n) is 14.9. The third kappa shape index (κ3) is 5.28. The van der Waals surface area contributed by atoms with E-state index < -0.39 is 11.9 Å². The highest BCUT2D eigenvalue weighted by Crippen LogP contribution is 2.27. The van der Waals surface area contributed by atoms with Crippen molar-refractivity contribution in [2.24, 2.45) is 11.8 Å². The first-order valence-electron chi connectivity index (χ1n) is 8.91. The number of benzene rings is 2. The molecule has 2 unspecified atom stereocenters. The number of carbonyl (C=O) groups is 2. The minimum atomic E-state index is -0.834. The van der Waals surface area contributed by atoms with Crippen LogP contribution in [0.1, 0.15) is 38.7 Å². The number of aliphatic carboxylic acids is 1. The lowest BCUT2D eigenvalue weighted by molar-refractivity contribution is -0.142. The van der Waals surface area contributed by atoms with Crippen LogP contribution < -0.4 is 0 Å². The Morgan fingerprint density at radius 1 is 1.00 bits per heavy atom. The van der Waals surface area contributed by atoms with E-state index in [2.05, 4.69) is 0 Å². The number of hydrogen-bond donors (Lipinski definition) is 1. The van der Waals surface area contributed by atoms with Crippen molar-refractivity contribution in [3.05, 3.63) is 60.2 Å². The summed E-state index contributed by atoms with van der Waals surface area (Å²) in [5, 5.41) is 9.59. The Kier molecular flexibility index (Phi) is 6.93. The number of carboxylic acids is 1. The van der Waals surface area contributed by atoms with Gasteiger partial charge in [0.25, 0.3) is 0 Å². The molecular formula is C22H26O3. The van der Waals surface area contributed by atoms with Gasteiger partial charge in [0, 0.05) is 12.3 Å². The molecule has 132 valence electrons. The van der Waals surface area contributed by atoms with Crippen molar-refractivity contribution in [3.8, 4) is 11.1 Å². The number of carbonyl (C=O) groups excluding carboxylic acids is 1. The zero-order chi connectivity index (χ0) is 18.2. The second-order valence-electron chi connectivity index (χ2n) is 6.58. The summed E-state index contributed by atoms with van der Waals surface area (Å²) in [5.41, 5.74) is 3.15. The van der Waals surface area contributed by atoms with Gasteiger partial charge in [0.2, 0.25) is 0 Å². The van der Waals surface area contributed by atoms with Crippen LogP contribution in [0.15, 0.2) is 54.6 Å². The number of hydrogen-bond acceptors (Lipinski definition) is 2. The molecule has 2 aromatic carbocycles. The number of ketones is 1. The molecule has 0 saturated carbocycles. The highest BCUT2D eigenvalue weighted by Gasteiger charge is 2.22. The van der Waals surface area contributed by atoms with E-state index in [0.717, 1.165) is 23.1 Å². The van der Waals surface area contributed by atoms with E-state index in [1.807, 2.05) is 68.4 Å². The fourth-order valence-electron chi connectivity index (χ4n) is 2.97.